The van der Waals surface area contributed by atoms with Gasteiger partial charge >= 0.3 is 6.09 Å². The number of hydrogen-bond acceptors (Lipinski definition) is 9. The second-order valence-electron chi connectivity index (χ2n) is 11.2. The predicted molar refractivity (Wildman–Crippen MR) is 151 cm³/mol. The van der Waals surface area contributed by atoms with Crippen LogP contribution < -0.4 is 15.0 Å². The lowest BCUT2D eigenvalue weighted by atomic mass is 9.83. The number of fused-ring (bicyclic) bond motifs is 5. The Morgan fingerprint density at radius 1 is 1.23 bits per heavy atom. The Morgan fingerprint density at radius 2 is 1.95 bits per heavy atom. The smallest absolute Gasteiger partial charge is 0.409 e. The van der Waals surface area contributed by atoms with E-state index in [4.69, 9.17) is 35.3 Å². The van der Waals surface area contributed by atoms with Gasteiger partial charge in [-0.05, 0) is 38.0 Å². The largest absolute Gasteiger partial charge is 0.495 e. The number of nitrogens with one attached hydrogen (secondary N) is 1. The molecular formula is C29H41ClN2O8. The van der Waals surface area contributed by atoms with Crippen LogP contribution in [-0.4, -0.2) is 86.7 Å². The molecule has 40 heavy (non-hydrogen) atoms. The number of carbonyl (C=O) groups excluding carboxylic acids is 1. The summed E-state index contributed by atoms with van der Waals surface area (Å²) < 4.78 is 28.6. The number of ether oxygens (including phenoxy) is 5. The summed E-state index contributed by atoms with van der Waals surface area (Å²) in [5, 5.41) is 25.8. The maximum Gasteiger partial charge on any atom is 0.409 e. The van der Waals surface area contributed by atoms with Crippen molar-refractivity contribution in [2.24, 2.45) is 5.92 Å². The van der Waals surface area contributed by atoms with E-state index < -0.39 is 48.1 Å². The van der Waals surface area contributed by atoms with Crippen molar-refractivity contribution >= 4 is 23.4 Å². The van der Waals surface area contributed by atoms with E-state index in [1.165, 1.54) is 7.11 Å². The third-order valence-corrected chi connectivity index (χ3v) is 8.77. The number of rotatable bonds is 3. The van der Waals surface area contributed by atoms with E-state index in [-0.39, 0.29) is 18.8 Å². The van der Waals surface area contributed by atoms with Gasteiger partial charge in [-0.3, -0.25) is 5.32 Å². The molecule has 1 amide bonds. The second kappa shape index (κ2) is 11.9. The van der Waals surface area contributed by atoms with E-state index in [0.29, 0.717) is 22.9 Å². The normalized spacial score (nSPS) is 38.8. The van der Waals surface area contributed by atoms with Gasteiger partial charge in [0.05, 0.1) is 25.0 Å². The number of benzene rings is 1. The number of aliphatic hydroxyl groups excluding tert-OH is 1. The van der Waals surface area contributed by atoms with Gasteiger partial charge in [0, 0.05) is 40.0 Å². The first-order valence-corrected chi connectivity index (χ1v) is 13.8. The molecule has 0 aromatic heterocycles. The molecule has 3 N–H and O–H groups in total. The molecule has 1 aromatic rings. The van der Waals surface area contributed by atoms with Gasteiger partial charge in [0.25, 0.3) is 0 Å². The van der Waals surface area contributed by atoms with E-state index >= 15 is 0 Å². The van der Waals surface area contributed by atoms with Gasteiger partial charge in [-0.2, -0.15) is 0 Å². The summed E-state index contributed by atoms with van der Waals surface area (Å²) in [5.74, 6) is 0.207. The minimum atomic E-state index is -1.70. The van der Waals surface area contributed by atoms with Gasteiger partial charge in [-0.15, -0.1) is 0 Å². The molecule has 222 valence electrons. The highest BCUT2D eigenvalue weighted by molar-refractivity contribution is 6.34. The number of carbonyl (C=O) groups is 1. The first-order valence-electron chi connectivity index (χ1n) is 13.4. The number of alkyl carbamates (subject to hydrolysis) is 1. The number of methoxy groups -OCH3 is 3. The number of halogens is 1. The average Bonchev–Trinajstić information content (AvgIpc) is 3.61. The number of aliphatic hydroxyl groups is 2. The fraction of sp³-hybridized carbons (Fsp3) is 0.621. The van der Waals surface area contributed by atoms with Crippen LogP contribution >= 0.6 is 11.6 Å². The van der Waals surface area contributed by atoms with E-state index in [1.54, 1.807) is 26.4 Å². The van der Waals surface area contributed by atoms with Crippen LogP contribution in [0.25, 0.3) is 0 Å². The third kappa shape index (κ3) is 5.98. The molecule has 3 aliphatic heterocycles. The number of anilines is 1. The molecular weight excluding hydrogens is 540 g/mol. The van der Waals surface area contributed by atoms with Crippen molar-refractivity contribution in [3.05, 3.63) is 46.5 Å². The lowest BCUT2D eigenvalue weighted by Crippen LogP contribution is -2.63. The Hall–Kier alpha value is -2.34. The molecule has 10 nitrogen and oxygen atoms in total. The molecule has 4 rings (SSSR count). The SMILES string of the molecule is COc1cc2cc(c1Cl)N(C)C(OC)C[C@H](O)[C@]1(C)O[C@H]1[C@H](C)[C@@H]1C[C@@](O)(NC(=O)O1)[C@H](OC)/C=C/C=C(\C)C2. The highest BCUT2D eigenvalue weighted by Crippen LogP contribution is 2.48. The van der Waals surface area contributed by atoms with Crippen molar-refractivity contribution in [2.75, 3.05) is 33.3 Å². The van der Waals surface area contributed by atoms with Gasteiger partial charge in [0.1, 0.15) is 34.8 Å². The summed E-state index contributed by atoms with van der Waals surface area (Å²) in [6.07, 6.45) is 2.22. The molecule has 3 aliphatic rings. The molecule has 0 radical (unpaired) electrons. The lowest BCUT2D eigenvalue weighted by Gasteiger charge is -2.42. The zero-order valence-electron chi connectivity index (χ0n) is 24.1. The van der Waals surface area contributed by atoms with Crippen molar-refractivity contribution in [1.29, 1.82) is 0 Å². The van der Waals surface area contributed by atoms with Crippen molar-refractivity contribution in [3.8, 4) is 5.75 Å². The number of amides is 1. The van der Waals surface area contributed by atoms with Crippen LogP contribution in [0, 0.1) is 5.92 Å². The van der Waals surface area contributed by atoms with E-state index in [0.717, 1.165) is 11.1 Å². The summed E-state index contributed by atoms with van der Waals surface area (Å²) in [7, 11) is 6.48. The standard InChI is InChI=1S/C29H41ClN2O8/c1-16-9-8-10-23(37-6)29(35)15-21(39-27(34)31-29)17(2)26-28(3,40-26)22(33)14-24(38-7)32(4)19-12-18(11-16)13-20(36-5)25(19)30/h8-10,12-13,17,21-24,26,33,35H,11,14-15H2,1-7H3,(H,31,34)/b10-8+,16-9+/t17-,21+,22+,23-,24?,26+,28+,29+/m1/s1. The molecule has 8 atom stereocenters. The van der Waals surface area contributed by atoms with Gasteiger partial charge in [-0.1, -0.05) is 42.3 Å². The first kappa shape index (κ1) is 30.6. The fourth-order valence-corrected chi connectivity index (χ4v) is 6.15. The summed E-state index contributed by atoms with van der Waals surface area (Å²) in [4.78, 5) is 14.4. The Kier molecular flexibility index (Phi) is 9.09. The Bertz CT molecular complexity index is 1160. The summed E-state index contributed by atoms with van der Waals surface area (Å²) >= 11 is 6.73. The summed E-state index contributed by atoms with van der Waals surface area (Å²) in [5.41, 5.74) is 0.0970. The van der Waals surface area contributed by atoms with Crippen LogP contribution in [0.3, 0.4) is 0 Å². The molecule has 1 aromatic carbocycles. The quantitative estimate of drug-likeness (QED) is 0.461. The minimum absolute atomic E-state index is 0.0745. The fourth-order valence-electron chi connectivity index (χ4n) is 5.83. The highest BCUT2D eigenvalue weighted by atomic mass is 35.5. The van der Waals surface area contributed by atoms with Crippen molar-refractivity contribution in [1.82, 2.24) is 5.32 Å². The average molecular weight is 581 g/mol. The molecule has 0 aliphatic carbocycles. The highest BCUT2D eigenvalue weighted by Gasteiger charge is 2.62. The summed E-state index contributed by atoms with van der Waals surface area (Å²) in [6, 6.07) is 3.87. The monoisotopic (exact) mass is 580 g/mol. The number of hydrogen-bond donors (Lipinski definition) is 3. The van der Waals surface area contributed by atoms with Crippen LogP contribution in [-0.2, 0) is 25.4 Å². The number of epoxide rings is 1. The maximum absolute atomic E-state index is 12.5. The molecule has 0 spiro atoms. The van der Waals surface area contributed by atoms with E-state index in [1.807, 2.05) is 50.9 Å². The Balaban J connectivity index is 1.76. The van der Waals surface area contributed by atoms with Crippen molar-refractivity contribution in [2.45, 2.75) is 82.0 Å². The maximum atomic E-state index is 12.5. The second-order valence-corrected chi connectivity index (χ2v) is 11.6. The lowest BCUT2D eigenvalue weighted by molar-refractivity contribution is -0.142. The van der Waals surface area contributed by atoms with Gasteiger partial charge in [0.2, 0.25) is 0 Å². The van der Waals surface area contributed by atoms with Crippen LogP contribution in [0.4, 0.5) is 10.5 Å². The molecule has 11 heteroatoms. The molecule has 4 bridgehead atoms. The van der Waals surface area contributed by atoms with E-state index in [2.05, 4.69) is 5.32 Å². The van der Waals surface area contributed by atoms with Crippen LogP contribution in [0.15, 0.2) is 35.9 Å². The zero-order valence-corrected chi connectivity index (χ0v) is 24.9. The topological polar surface area (TPSA) is 122 Å². The van der Waals surface area contributed by atoms with Crippen LogP contribution in [0.1, 0.15) is 39.2 Å². The molecule has 1 unspecified atom stereocenters. The molecule has 0 saturated carbocycles. The Morgan fingerprint density at radius 3 is 2.60 bits per heavy atom. The van der Waals surface area contributed by atoms with Gasteiger partial charge in [0.15, 0.2) is 5.72 Å². The molecule has 3 heterocycles. The number of allylic oxidation sites excluding steroid dienone is 3. The Labute approximate surface area is 240 Å². The first-order chi connectivity index (χ1) is 18.9. The molecule has 2 saturated heterocycles. The zero-order chi connectivity index (χ0) is 29.4. The summed E-state index contributed by atoms with van der Waals surface area (Å²) in [6.45, 7) is 5.70. The predicted octanol–water partition coefficient (Wildman–Crippen LogP) is 3.56. The van der Waals surface area contributed by atoms with E-state index in [9.17, 15) is 15.0 Å². The minimum Gasteiger partial charge on any atom is -0.495 e. The van der Waals surface area contributed by atoms with Crippen molar-refractivity contribution in [3.63, 3.8) is 0 Å². The van der Waals surface area contributed by atoms with Crippen LogP contribution in [0.2, 0.25) is 5.02 Å². The van der Waals surface area contributed by atoms with Gasteiger partial charge < -0.3 is 38.8 Å². The number of nitrogens with zero attached hydrogens (tertiary/aromatic N) is 1. The van der Waals surface area contributed by atoms with Crippen molar-refractivity contribution < 1.29 is 38.7 Å². The molecule has 2 fully saturated rings. The third-order valence-electron chi connectivity index (χ3n) is 8.39. The van der Waals surface area contributed by atoms with Crippen LogP contribution in [0.5, 0.6) is 5.75 Å². The van der Waals surface area contributed by atoms with Gasteiger partial charge in [-0.25, -0.2) is 4.79 Å².